The van der Waals surface area contributed by atoms with Crippen LogP contribution < -0.4 is 10.3 Å². The Labute approximate surface area is 360 Å². The third kappa shape index (κ3) is 5.87. The number of carbonyl (C=O) groups is 4. The van der Waals surface area contributed by atoms with Gasteiger partial charge in [-0.3, -0.25) is 29.5 Å². The second-order valence-electron chi connectivity index (χ2n) is 16.0. The maximum Gasteiger partial charge on any atom is 0.417 e. The van der Waals surface area contributed by atoms with Crippen LogP contribution in [0.25, 0.3) is 22.6 Å². The summed E-state index contributed by atoms with van der Waals surface area (Å²) in [4.78, 5) is 69.1. The van der Waals surface area contributed by atoms with Gasteiger partial charge in [0.05, 0.1) is 39.4 Å². The minimum absolute atomic E-state index is 0.0842. The van der Waals surface area contributed by atoms with Crippen LogP contribution in [0.1, 0.15) is 41.0 Å². The van der Waals surface area contributed by atoms with Crippen molar-refractivity contribution in [2.24, 2.45) is 23.7 Å². The van der Waals surface area contributed by atoms with Crippen molar-refractivity contribution in [3.8, 4) is 17.2 Å². The Morgan fingerprint density at radius 3 is 2.34 bits per heavy atom. The summed E-state index contributed by atoms with van der Waals surface area (Å²) in [6.45, 7) is 1.69. The molecular weight excluding hydrogens is 846 g/mol. The molecule has 0 spiro atoms. The molecule has 4 aromatic carbocycles. The van der Waals surface area contributed by atoms with Crippen molar-refractivity contribution < 1.29 is 41.9 Å². The van der Waals surface area contributed by atoms with E-state index in [4.69, 9.17) is 27.6 Å². The van der Waals surface area contributed by atoms with Crippen LogP contribution in [0.5, 0.6) is 5.75 Å². The molecule has 4 amide bonds. The van der Waals surface area contributed by atoms with Gasteiger partial charge in [0, 0.05) is 28.3 Å². The number of phenols is 1. The molecule has 10 rings (SSSR count). The molecule has 6 atom stereocenters. The highest BCUT2D eigenvalue weighted by Gasteiger charge is 2.71. The van der Waals surface area contributed by atoms with Gasteiger partial charge in [-0.2, -0.15) is 18.2 Å². The molecule has 2 saturated heterocycles. The first-order valence-corrected chi connectivity index (χ1v) is 20.4. The van der Waals surface area contributed by atoms with E-state index in [0.29, 0.717) is 72.8 Å². The highest BCUT2D eigenvalue weighted by atomic mass is 35.5. The number of hydrazine groups is 1. The van der Waals surface area contributed by atoms with Crippen molar-refractivity contribution in [1.82, 2.24) is 15.0 Å². The molecule has 2 aromatic heterocycles. The number of nitrogens with one attached hydrogen (secondary N) is 1. The van der Waals surface area contributed by atoms with Gasteiger partial charge < -0.3 is 9.52 Å². The summed E-state index contributed by atoms with van der Waals surface area (Å²) in [6, 6.07) is 26.1. The molecule has 11 nitrogen and oxygen atoms in total. The SMILES string of the molecule is Cc1cccc([C@H]2C3=CC[C@@H]4C(=O)N(c5ccc(-c6nc7ccccc7o6)cc5)C(=O)[C@@H]4[C@@H]3C[C@H]3C(=O)N(Nc4ncc(C(F)(F)F)cc4Cl)C(=O)[C@@]23c2ccc(Cl)cc2)c1O. The molecule has 2 aliphatic heterocycles. The molecule has 0 unspecified atom stereocenters. The average molecular weight is 879 g/mol. The number of nitrogens with zero attached hydrogens (tertiary/aromatic N) is 4. The van der Waals surface area contributed by atoms with Crippen LogP contribution in [0.3, 0.4) is 0 Å². The van der Waals surface area contributed by atoms with Crippen molar-refractivity contribution in [2.45, 2.75) is 37.3 Å². The fourth-order valence-corrected chi connectivity index (χ4v) is 10.4. The van der Waals surface area contributed by atoms with Crippen molar-refractivity contribution in [3.05, 3.63) is 147 Å². The summed E-state index contributed by atoms with van der Waals surface area (Å²) in [5, 5.41) is 12.4. The first-order chi connectivity index (χ1) is 29.7. The molecule has 0 bridgehead atoms. The number of hydrogen-bond acceptors (Lipinski definition) is 9. The van der Waals surface area contributed by atoms with Gasteiger partial charge in [0.2, 0.25) is 17.7 Å². The van der Waals surface area contributed by atoms with E-state index < -0.39 is 75.4 Å². The lowest BCUT2D eigenvalue weighted by molar-refractivity contribution is -0.139. The van der Waals surface area contributed by atoms with Crippen LogP contribution in [0.4, 0.5) is 24.7 Å². The summed E-state index contributed by atoms with van der Waals surface area (Å²) in [6.07, 6.45) is -2.35. The molecular formula is C46H32Cl2F3N5O6. The van der Waals surface area contributed by atoms with E-state index in [1.54, 1.807) is 79.7 Å². The smallest absolute Gasteiger partial charge is 0.417 e. The van der Waals surface area contributed by atoms with Crippen LogP contribution in [0, 0.1) is 30.6 Å². The van der Waals surface area contributed by atoms with E-state index >= 15 is 4.79 Å². The molecule has 0 radical (unpaired) electrons. The number of aromatic nitrogens is 2. The second-order valence-corrected chi connectivity index (χ2v) is 16.8. The Balaban J connectivity index is 1.08. The fraction of sp³-hybridized carbons (Fsp3) is 0.217. The Hall–Kier alpha value is -6.51. The van der Waals surface area contributed by atoms with Gasteiger partial charge in [-0.1, -0.05) is 77.3 Å². The number of rotatable bonds is 6. The number of para-hydroxylation sites is 3. The number of carbonyl (C=O) groups excluding carboxylic acids is 4. The number of phenolic OH excluding ortho intramolecular Hbond substituents is 1. The lowest BCUT2D eigenvalue weighted by Crippen LogP contribution is -2.53. The van der Waals surface area contributed by atoms with E-state index in [0.717, 1.165) is 4.90 Å². The Morgan fingerprint density at radius 2 is 1.63 bits per heavy atom. The van der Waals surface area contributed by atoms with Crippen molar-refractivity contribution in [3.63, 3.8) is 0 Å². The minimum atomic E-state index is -4.77. The van der Waals surface area contributed by atoms with Gasteiger partial charge in [0.25, 0.3) is 11.8 Å². The zero-order valence-electron chi connectivity index (χ0n) is 32.4. The number of pyridine rings is 1. The summed E-state index contributed by atoms with van der Waals surface area (Å²) >= 11 is 12.7. The number of hydrogen-bond donors (Lipinski definition) is 2. The van der Waals surface area contributed by atoms with Crippen molar-refractivity contribution >= 4 is 69.4 Å². The summed E-state index contributed by atoms with van der Waals surface area (Å²) in [7, 11) is 0. The maximum absolute atomic E-state index is 15.4. The zero-order valence-corrected chi connectivity index (χ0v) is 33.9. The van der Waals surface area contributed by atoms with Crippen molar-refractivity contribution in [1.29, 1.82) is 0 Å². The largest absolute Gasteiger partial charge is 0.507 e. The number of aryl methyl sites for hydroxylation is 1. The monoisotopic (exact) mass is 877 g/mol. The molecule has 6 aromatic rings. The van der Waals surface area contributed by atoms with Gasteiger partial charge in [0.15, 0.2) is 11.4 Å². The minimum Gasteiger partial charge on any atom is -0.507 e. The molecule has 2 aliphatic carbocycles. The zero-order chi connectivity index (χ0) is 43.4. The van der Waals surface area contributed by atoms with Gasteiger partial charge in [-0.15, -0.1) is 0 Å². The van der Waals surface area contributed by atoms with Crippen LogP contribution in [-0.4, -0.2) is 43.7 Å². The number of imide groups is 2. The fourth-order valence-electron chi connectivity index (χ4n) is 10.0. The van der Waals surface area contributed by atoms with Crippen LogP contribution in [0.15, 0.2) is 119 Å². The molecule has 3 fully saturated rings. The third-order valence-corrected chi connectivity index (χ3v) is 13.3. The molecule has 4 heterocycles. The number of fused-ring (bicyclic) bond motifs is 5. The Kier molecular flexibility index (Phi) is 9.12. The second kappa shape index (κ2) is 14.3. The van der Waals surface area contributed by atoms with E-state index in [2.05, 4.69) is 15.4 Å². The average Bonchev–Trinajstić information content (AvgIpc) is 3.87. The normalized spacial score (nSPS) is 24.6. The molecule has 4 aliphatic rings. The number of allylic oxidation sites excluding steroid dienone is 2. The van der Waals surface area contributed by atoms with Crippen LogP contribution >= 0.6 is 23.2 Å². The molecule has 16 heteroatoms. The lowest BCUT2D eigenvalue weighted by Gasteiger charge is -2.50. The van der Waals surface area contributed by atoms with Crippen LogP contribution in [0.2, 0.25) is 10.0 Å². The number of benzene rings is 4. The van der Waals surface area contributed by atoms with E-state index in [-0.39, 0.29) is 24.4 Å². The Morgan fingerprint density at radius 1 is 0.887 bits per heavy atom. The quantitative estimate of drug-likeness (QED) is 0.123. The van der Waals surface area contributed by atoms with E-state index in [1.165, 1.54) is 0 Å². The molecule has 62 heavy (non-hydrogen) atoms. The number of halogens is 5. The number of alkyl halides is 3. The number of anilines is 2. The van der Waals surface area contributed by atoms with Crippen molar-refractivity contribution in [2.75, 3.05) is 10.3 Å². The first-order valence-electron chi connectivity index (χ1n) is 19.6. The summed E-state index contributed by atoms with van der Waals surface area (Å²) in [5.74, 6) is -7.48. The predicted molar refractivity (Wildman–Crippen MR) is 222 cm³/mol. The lowest BCUT2D eigenvalue weighted by atomic mass is 9.49. The summed E-state index contributed by atoms with van der Waals surface area (Å²) < 4.78 is 46.6. The highest BCUT2D eigenvalue weighted by Crippen LogP contribution is 2.65. The Bertz CT molecular complexity index is 2890. The van der Waals surface area contributed by atoms with Crippen LogP contribution in [-0.2, 0) is 30.8 Å². The standard InChI is InChI=1S/C46H32Cl2F3N5O6/c1-22-5-4-6-30(38(22)57)37-28-17-18-29-36(43(60)55(41(29)58)27-15-9-23(10-16-27)40-53-34-7-2-3-8-35(34)62-40)31(28)20-32-42(59)56(44(61)45(32,37)24-11-13-26(47)14-12-24)54-39-33(48)19-25(21-52-39)46(49,50)51/h2-17,19,21,29,31-32,36-37,57H,18,20H2,1H3,(H,52,54)/t29-,31+,32-,36-,37+,45+/m0/s1. The molecule has 312 valence electrons. The van der Waals surface area contributed by atoms with Gasteiger partial charge >= 0.3 is 6.18 Å². The first kappa shape index (κ1) is 39.6. The number of oxazole rings is 1. The maximum atomic E-state index is 15.4. The highest BCUT2D eigenvalue weighted by molar-refractivity contribution is 6.33. The van der Waals surface area contributed by atoms with Gasteiger partial charge in [-0.05, 0) is 91.4 Å². The molecule has 1 saturated carbocycles. The molecule has 2 N–H and O–H groups in total. The van der Waals surface area contributed by atoms with Gasteiger partial charge in [-0.25, -0.2) is 9.97 Å². The number of aromatic hydroxyl groups is 1. The number of amides is 4. The van der Waals surface area contributed by atoms with Gasteiger partial charge in [0.1, 0.15) is 11.3 Å². The topological polar surface area (TPSA) is 146 Å². The third-order valence-electron chi connectivity index (χ3n) is 12.8. The summed E-state index contributed by atoms with van der Waals surface area (Å²) in [5.41, 5.74) is 3.65. The predicted octanol–water partition coefficient (Wildman–Crippen LogP) is 9.42. The van der Waals surface area contributed by atoms with E-state index in [9.17, 15) is 32.7 Å². The van der Waals surface area contributed by atoms with E-state index in [1.807, 2.05) is 24.3 Å².